The van der Waals surface area contributed by atoms with Crippen molar-refractivity contribution in [3.8, 4) is 17.5 Å². The molecule has 6 rings (SSSR count). The SMILES string of the molecule is CC(C)c1ccc(N2CC(C#N)C2)c2cnc(Nc3ccnc(-c4cnn(SC5CC5)c4)n3)cc12. The molecule has 1 saturated heterocycles. The highest BCUT2D eigenvalue weighted by atomic mass is 32.2. The van der Waals surface area contributed by atoms with E-state index < -0.39 is 0 Å². The van der Waals surface area contributed by atoms with Gasteiger partial charge in [-0.25, -0.2) is 19.0 Å². The first-order valence-corrected chi connectivity index (χ1v) is 12.8. The molecule has 0 unspecified atom stereocenters. The second-order valence-electron chi connectivity index (χ2n) is 9.50. The molecular weight excluding hydrogens is 456 g/mol. The molecule has 0 radical (unpaired) electrons. The number of nitrogens with zero attached hydrogens (tertiary/aromatic N) is 7. The lowest BCUT2D eigenvalue weighted by molar-refractivity contribution is 0.506. The van der Waals surface area contributed by atoms with Crippen molar-refractivity contribution in [3.63, 3.8) is 0 Å². The lowest BCUT2D eigenvalue weighted by Gasteiger charge is -2.38. The maximum Gasteiger partial charge on any atom is 0.164 e. The summed E-state index contributed by atoms with van der Waals surface area (Å²) in [6.07, 6.45) is 10.00. The third kappa shape index (κ3) is 4.42. The molecule has 0 atom stereocenters. The van der Waals surface area contributed by atoms with Gasteiger partial charge in [0.25, 0.3) is 0 Å². The second-order valence-corrected chi connectivity index (χ2v) is 10.8. The largest absolute Gasteiger partial charge is 0.368 e. The molecule has 3 aromatic heterocycles. The van der Waals surface area contributed by atoms with Gasteiger partial charge in [-0.05, 0) is 59.9 Å². The first-order valence-electron chi connectivity index (χ1n) is 12.0. The molecule has 2 fully saturated rings. The Bertz CT molecular complexity index is 1430. The van der Waals surface area contributed by atoms with Crippen LogP contribution in [0.1, 0.15) is 38.2 Å². The van der Waals surface area contributed by atoms with Crippen LogP contribution in [0.5, 0.6) is 0 Å². The molecule has 0 spiro atoms. The molecule has 8 nitrogen and oxygen atoms in total. The van der Waals surface area contributed by atoms with Crippen LogP contribution in [-0.2, 0) is 0 Å². The molecule has 35 heavy (non-hydrogen) atoms. The fourth-order valence-electron chi connectivity index (χ4n) is 4.35. The normalized spacial score (nSPS) is 15.9. The van der Waals surface area contributed by atoms with Crippen LogP contribution in [0.4, 0.5) is 17.3 Å². The van der Waals surface area contributed by atoms with E-state index in [1.165, 1.54) is 23.8 Å². The van der Waals surface area contributed by atoms with E-state index in [-0.39, 0.29) is 5.92 Å². The van der Waals surface area contributed by atoms with Crippen molar-refractivity contribution < 1.29 is 0 Å². The van der Waals surface area contributed by atoms with Crippen molar-refractivity contribution in [1.82, 2.24) is 24.1 Å². The topological polar surface area (TPSA) is 95.5 Å². The Labute approximate surface area is 208 Å². The summed E-state index contributed by atoms with van der Waals surface area (Å²) in [4.78, 5) is 16.1. The summed E-state index contributed by atoms with van der Waals surface area (Å²) in [7, 11) is 0. The molecule has 1 aliphatic heterocycles. The van der Waals surface area contributed by atoms with E-state index in [0.717, 1.165) is 35.5 Å². The number of anilines is 3. The van der Waals surface area contributed by atoms with Gasteiger partial charge in [-0.2, -0.15) is 10.4 Å². The molecule has 0 amide bonds. The quantitative estimate of drug-likeness (QED) is 0.375. The minimum Gasteiger partial charge on any atom is -0.368 e. The van der Waals surface area contributed by atoms with Gasteiger partial charge in [0, 0.05) is 48.0 Å². The minimum absolute atomic E-state index is 0.107. The Hall–Kier alpha value is -3.64. The lowest BCUT2D eigenvalue weighted by atomic mass is 9.93. The molecule has 0 bridgehead atoms. The van der Waals surface area contributed by atoms with Crippen LogP contribution in [-0.4, -0.2) is 42.5 Å². The van der Waals surface area contributed by atoms with Gasteiger partial charge in [-0.1, -0.05) is 19.9 Å². The number of fused-ring (bicyclic) bond motifs is 1. The van der Waals surface area contributed by atoms with Crippen molar-refractivity contribution in [2.24, 2.45) is 5.92 Å². The summed E-state index contributed by atoms with van der Waals surface area (Å²) >= 11 is 1.75. The zero-order valence-corrected chi connectivity index (χ0v) is 20.5. The van der Waals surface area contributed by atoms with E-state index >= 15 is 0 Å². The van der Waals surface area contributed by atoms with Gasteiger partial charge < -0.3 is 10.2 Å². The number of hydrogen-bond donors (Lipinski definition) is 1. The second kappa shape index (κ2) is 8.86. The van der Waals surface area contributed by atoms with Gasteiger partial charge in [0.05, 0.1) is 23.7 Å². The first-order chi connectivity index (χ1) is 17.1. The van der Waals surface area contributed by atoms with E-state index in [4.69, 9.17) is 9.97 Å². The highest BCUT2D eigenvalue weighted by Crippen LogP contribution is 2.37. The smallest absolute Gasteiger partial charge is 0.164 e. The minimum atomic E-state index is 0.107. The van der Waals surface area contributed by atoms with Gasteiger partial charge in [0.1, 0.15) is 11.6 Å². The van der Waals surface area contributed by atoms with E-state index in [1.807, 2.05) is 28.7 Å². The van der Waals surface area contributed by atoms with Gasteiger partial charge in [0.2, 0.25) is 0 Å². The molecule has 176 valence electrons. The van der Waals surface area contributed by atoms with E-state index in [2.05, 4.69) is 58.4 Å². The average molecular weight is 483 g/mol. The molecule has 1 N–H and O–H groups in total. The predicted octanol–water partition coefficient (Wildman–Crippen LogP) is 5.37. The maximum absolute atomic E-state index is 9.17. The molecule has 1 aliphatic carbocycles. The van der Waals surface area contributed by atoms with Crippen LogP contribution in [0.15, 0.2) is 49.1 Å². The van der Waals surface area contributed by atoms with Crippen LogP contribution in [0, 0.1) is 17.2 Å². The Balaban J connectivity index is 1.28. The van der Waals surface area contributed by atoms with E-state index in [9.17, 15) is 5.26 Å². The number of nitriles is 1. The molecule has 9 heteroatoms. The van der Waals surface area contributed by atoms with Crippen LogP contribution < -0.4 is 10.2 Å². The Morgan fingerprint density at radius 1 is 1.09 bits per heavy atom. The molecule has 4 heterocycles. The van der Waals surface area contributed by atoms with E-state index in [1.54, 1.807) is 18.1 Å². The average Bonchev–Trinajstić information content (AvgIpc) is 3.52. The Kier molecular flexibility index (Phi) is 5.53. The summed E-state index contributed by atoms with van der Waals surface area (Å²) in [5.74, 6) is 2.54. The zero-order chi connectivity index (χ0) is 23.9. The van der Waals surface area contributed by atoms with Gasteiger partial charge >= 0.3 is 0 Å². The molecule has 1 saturated carbocycles. The summed E-state index contributed by atoms with van der Waals surface area (Å²) < 4.78 is 1.91. The Morgan fingerprint density at radius 2 is 1.94 bits per heavy atom. The maximum atomic E-state index is 9.17. The molecule has 2 aliphatic rings. The fourth-order valence-corrected chi connectivity index (χ4v) is 5.28. The highest BCUT2D eigenvalue weighted by molar-refractivity contribution is 7.98. The first kappa shape index (κ1) is 21.9. The highest BCUT2D eigenvalue weighted by Gasteiger charge is 2.28. The fraction of sp³-hybridized carbons (Fsp3) is 0.346. The zero-order valence-electron chi connectivity index (χ0n) is 19.7. The summed E-state index contributed by atoms with van der Waals surface area (Å²) in [6, 6.07) is 10.7. The predicted molar refractivity (Wildman–Crippen MR) is 140 cm³/mol. The van der Waals surface area contributed by atoms with Crippen molar-refractivity contribution >= 4 is 40.0 Å². The van der Waals surface area contributed by atoms with Crippen LogP contribution >= 0.6 is 11.9 Å². The van der Waals surface area contributed by atoms with Crippen molar-refractivity contribution in [2.45, 2.75) is 37.9 Å². The van der Waals surface area contributed by atoms with Crippen molar-refractivity contribution in [3.05, 3.63) is 54.6 Å². The number of hydrogen-bond acceptors (Lipinski definition) is 8. The number of pyridine rings is 1. The van der Waals surface area contributed by atoms with Crippen LogP contribution in [0.2, 0.25) is 0 Å². The van der Waals surface area contributed by atoms with Crippen LogP contribution in [0.25, 0.3) is 22.2 Å². The molecule has 4 aromatic rings. The monoisotopic (exact) mass is 482 g/mol. The summed E-state index contributed by atoms with van der Waals surface area (Å²) in [5.41, 5.74) is 3.31. The van der Waals surface area contributed by atoms with E-state index in [0.29, 0.717) is 22.8 Å². The van der Waals surface area contributed by atoms with Gasteiger partial charge in [0.15, 0.2) is 5.82 Å². The third-order valence-corrected chi connectivity index (χ3v) is 7.64. The third-order valence-electron chi connectivity index (χ3n) is 6.45. The standard InChI is InChI=1S/C26H26N8S/c1-16(2)20-5-6-23(33-13-17(10-27)14-33)22-12-29-25(9-21(20)22)31-24-7-8-28-26(32-24)18-11-30-34(15-18)35-19-3-4-19/h5-9,11-12,15-17,19H,3-4,13-14H2,1-2H3,(H,28,29,31,32). The number of benzene rings is 1. The summed E-state index contributed by atoms with van der Waals surface area (Å²) in [5, 5.41) is 19.9. The molecule has 1 aromatic carbocycles. The summed E-state index contributed by atoms with van der Waals surface area (Å²) in [6.45, 7) is 5.95. The van der Waals surface area contributed by atoms with Gasteiger partial charge in [-0.15, -0.1) is 0 Å². The van der Waals surface area contributed by atoms with Crippen LogP contribution in [0.3, 0.4) is 0 Å². The lowest BCUT2D eigenvalue weighted by Crippen LogP contribution is -2.46. The van der Waals surface area contributed by atoms with Gasteiger partial charge in [-0.3, -0.25) is 0 Å². The Morgan fingerprint density at radius 3 is 2.71 bits per heavy atom. The van der Waals surface area contributed by atoms with Crippen molar-refractivity contribution in [2.75, 3.05) is 23.3 Å². The van der Waals surface area contributed by atoms with Crippen molar-refractivity contribution in [1.29, 1.82) is 5.26 Å². The molecular formula is C26H26N8S. The number of aromatic nitrogens is 5. The number of rotatable bonds is 7. The number of nitrogens with one attached hydrogen (secondary N) is 1.